The molecule has 0 radical (unpaired) electrons. The smallest absolute Gasteiger partial charge is 0.262 e. The van der Waals surface area contributed by atoms with Gasteiger partial charge < -0.3 is 14.4 Å². The van der Waals surface area contributed by atoms with Gasteiger partial charge in [0.05, 0.1) is 25.2 Å². The van der Waals surface area contributed by atoms with Gasteiger partial charge in [-0.2, -0.15) is 0 Å². The summed E-state index contributed by atoms with van der Waals surface area (Å²) in [4.78, 5) is 14.9. The minimum Gasteiger partial charge on any atom is -0.493 e. The Morgan fingerprint density at radius 2 is 1.71 bits per heavy atom. The number of amides is 1. The third-order valence-electron chi connectivity index (χ3n) is 6.34. The van der Waals surface area contributed by atoms with Crippen LogP contribution < -0.4 is 14.2 Å². The van der Waals surface area contributed by atoms with Gasteiger partial charge in [0, 0.05) is 23.4 Å². The van der Waals surface area contributed by atoms with Gasteiger partial charge >= 0.3 is 0 Å². The van der Waals surface area contributed by atoms with Crippen LogP contribution in [0, 0.1) is 12.7 Å². The molecule has 1 unspecified atom stereocenters. The van der Waals surface area contributed by atoms with Crippen LogP contribution >= 0.6 is 0 Å². The summed E-state index contributed by atoms with van der Waals surface area (Å²) in [5, 5.41) is 0. The molecule has 0 fully saturated rings. The number of halogens is 1. The summed E-state index contributed by atoms with van der Waals surface area (Å²) in [5.74, 6) is 0.512. The first-order valence-electron chi connectivity index (χ1n) is 11.1. The monoisotopic (exact) mass is 498 g/mol. The second kappa shape index (κ2) is 9.58. The maximum Gasteiger partial charge on any atom is 0.262 e. The number of benzene rings is 3. The van der Waals surface area contributed by atoms with E-state index in [1.165, 1.54) is 37.3 Å². The molecule has 9 heteroatoms. The highest BCUT2D eigenvalue weighted by Crippen LogP contribution is 2.38. The lowest BCUT2D eigenvalue weighted by Gasteiger charge is -2.36. The third-order valence-corrected chi connectivity index (χ3v) is 7.86. The summed E-state index contributed by atoms with van der Waals surface area (Å²) in [7, 11) is -0.814. The maximum atomic E-state index is 13.8. The second-order valence-electron chi connectivity index (χ2n) is 8.38. The molecule has 1 aliphatic heterocycles. The van der Waals surface area contributed by atoms with Gasteiger partial charge in [0.25, 0.3) is 15.9 Å². The van der Waals surface area contributed by atoms with Crippen LogP contribution in [0.4, 0.5) is 10.1 Å². The third kappa shape index (κ3) is 4.68. The zero-order valence-electron chi connectivity index (χ0n) is 20.0. The molecule has 1 heterocycles. The van der Waals surface area contributed by atoms with Crippen molar-refractivity contribution in [2.24, 2.45) is 0 Å². The molecule has 35 heavy (non-hydrogen) atoms. The summed E-state index contributed by atoms with van der Waals surface area (Å²) < 4.78 is 52.5. The van der Waals surface area contributed by atoms with Gasteiger partial charge in [0.2, 0.25) is 0 Å². The number of methoxy groups -OCH3 is 2. The summed E-state index contributed by atoms with van der Waals surface area (Å²) in [6, 6.07) is 13.8. The van der Waals surface area contributed by atoms with Crippen LogP contribution in [0.3, 0.4) is 0 Å². The zero-order chi connectivity index (χ0) is 25.3. The van der Waals surface area contributed by atoms with E-state index in [0.717, 1.165) is 11.1 Å². The summed E-state index contributed by atoms with van der Waals surface area (Å²) in [6.45, 7) is 3.91. The van der Waals surface area contributed by atoms with Gasteiger partial charge in [-0.15, -0.1) is 0 Å². The molecule has 0 aliphatic carbocycles. The number of rotatable bonds is 6. The summed E-state index contributed by atoms with van der Waals surface area (Å²) in [5.41, 5.74) is 2.86. The van der Waals surface area contributed by atoms with Gasteiger partial charge in [-0.3, -0.25) is 9.52 Å². The van der Waals surface area contributed by atoms with Gasteiger partial charge in [-0.25, -0.2) is 12.8 Å². The predicted octanol–water partition coefficient (Wildman–Crippen LogP) is 4.71. The predicted molar refractivity (Wildman–Crippen MR) is 131 cm³/mol. The molecule has 1 aliphatic rings. The minimum absolute atomic E-state index is 0.0421. The quantitative estimate of drug-likeness (QED) is 0.532. The van der Waals surface area contributed by atoms with E-state index >= 15 is 0 Å². The first-order valence-corrected chi connectivity index (χ1v) is 12.6. The van der Waals surface area contributed by atoms with Crippen LogP contribution in [-0.2, 0) is 16.4 Å². The van der Waals surface area contributed by atoms with Gasteiger partial charge in [0.15, 0.2) is 11.5 Å². The second-order valence-corrected chi connectivity index (χ2v) is 10.0. The van der Waals surface area contributed by atoms with Crippen LogP contribution in [0.5, 0.6) is 11.5 Å². The van der Waals surface area contributed by atoms with E-state index < -0.39 is 15.8 Å². The average molecular weight is 499 g/mol. The normalized spacial score (nSPS) is 15.3. The van der Waals surface area contributed by atoms with Crippen molar-refractivity contribution in [3.8, 4) is 11.5 Å². The maximum absolute atomic E-state index is 13.8. The number of fused-ring (bicyclic) bond motifs is 1. The Kier molecular flexibility index (Phi) is 6.71. The van der Waals surface area contributed by atoms with Crippen LogP contribution in [0.1, 0.15) is 40.0 Å². The fourth-order valence-corrected chi connectivity index (χ4v) is 5.67. The Morgan fingerprint density at radius 1 is 1.06 bits per heavy atom. The first kappa shape index (κ1) is 24.5. The van der Waals surface area contributed by atoms with Crippen molar-refractivity contribution in [1.29, 1.82) is 0 Å². The fraction of sp³-hybridized carbons (Fsp3) is 0.269. The molecule has 184 valence electrons. The van der Waals surface area contributed by atoms with E-state index in [2.05, 4.69) is 4.72 Å². The number of carbonyl (C=O) groups is 1. The summed E-state index contributed by atoms with van der Waals surface area (Å²) >= 11 is 0. The van der Waals surface area contributed by atoms with Crippen LogP contribution in [0.25, 0.3) is 0 Å². The molecule has 1 N–H and O–H groups in total. The SMILES string of the molecule is COc1cc2c(cc1OC)C(C)N(C(=O)c1ccc(NS(=O)(=O)c3cccc(F)c3C)cc1)CC2. The molecule has 0 spiro atoms. The first-order chi connectivity index (χ1) is 16.7. The van der Waals surface area contributed by atoms with E-state index in [1.807, 2.05) is 19.1 Å². The highest BCUT2D eigenvalue weighted by Gasteiger charge is 2.30. The number of ether oxygens (including phenoxy) is 2. The Bertz CT molecular complexity index is 1370. The molecule has 0 saturated carbocycles. The lowest BCUT2D eigenvalue weighted by molar-refractivity contribution is 0.0677. The van der Waals surface area contributed by atoms with Crippen LogP contribution in [-0.4, -0.2) is 40.0 Å². The van der Waals surface area contributed by atoms with Crippen molar-refractivity contribution in [3.05, 3.63) is 82.7 Å². The highest BCUT2D eigenvalue weighted by atomic mass is 32.2. The van der Waals surface area contributed by atoms with Gasteiger partial charge in [-0.05, 0) is 79.9 Å². The number of hydrogen-bond acceptors (Lipinski definition) is 5. The molecule has 1 atom stereocenters. The van der Waals surface area contributed by atoms with E-state index in [4.69, 9.17) is 9.47 Å². The van der Waals surface area contributed by atoms with E-state index in [1.54, 1.807) is 31.3 Å². The van der Waals surface area contributed by atoms with Gasteiger partial charge in [-0.1, -0.05) is 6.07 Å². The molecular weight excluding hydrogens is 471 g/mol. The van der Waals surface area contributed by atoms with E-state index in [-0.39, 0.29) is 28.1 Å². The number of nitrogens with zero attached hydrogens (tertiary/aromatic N) is 1. The molecule has 3 aromatic carbocycles. The van der Waals surface area contributed by atoms with E-state index in [9.17, 15) is 17.6 Å². The molecule has 3 aromatic rings. The molecule has 0 aromatic heterocycles. The highest BCUT2D eigenvalue weighted by molar-refractivity contribution is 7.92. The number of carbonyl (C=O) groups excluding carboxylic acids is 1. The largest absolute Gasteiger partial charge is 0.493 e. The van der Waals surface area contributed by atoms with E-state index in [0.29, 0.717) is 30.0 Å². The molecular formula is C26H27FN2O5S. The Balaban J connectivity index is 1.53. The average Bonchev–Trinajstić information content (AvgIpc) is 2.85. The van der Waals surface area contributed by atoms with Crippen molar-refractivity contribution in [1.82, 2.24) is 4.90 Å². The molecule has 0 bridgehead atoms. The van der Waals surface area contributed by atoms with Crippen molar-refractivity contribution in [2.45, 2.75) is 31.2 Å². The standard InChI is InChI=1S/C26H27FN2O5S/c1-16-22(27)6-5-7-25(16)35(31,32)28-20-10-8-18(9-11-20)26(30)29-13-12-19-14-23(33-3)24(34-4)15-21(19)17(29)2/h5-11,14-15,17,28H,12-13H2,1-4H3. The lowest BCUT2D eigenvalue weighted by atomic mass is 9.92. The fourth-order valence-electron chi connectivity index (χ4n) is 4.36. The number of hydrogen-bond donors (Lipinski definition) is 1. The van der Waals surface area contributed by atoms with Crippen LogP contribution in [0.2, 0.25) is 0 Å². The Morgan fingerprint density at radius 3 is 2.37 bits per heavy atom. The van der Waals surface area contributed by atoms with Crippen molar-refractivity contribution >= 4 is 21.6 Å². The van der Waals surface area contributed by atoms with Crippen molar-refractivity contribution < 1.29 is 27.1 Å². The van der Waals surface area contributed by atoms with Crippen molar-refractivity contribution in [2.75, 3.05) is 25.5 Å². The topological polar surface area (TPSA) is 84.9 Å². The molecule has 0 saturated heterocycles. The Labute approximate surface area is 204 Å². The minimum atomic E-state index is -3.98. The van der Waals surface area contributed by atoms with Gasteiger partial charge in [0.1, 0.15) is 5.82 Å². The molecule has 4 rings (SSSR count). The number of nitrogens with one attached hydrogen (secondary N) is 1. The summed E-state index contributed by atoms with van der Waals surface area (Å²) in [6.07, 6.45) is 0.677. The zero-order valence-corrected chi connectivity index (χ0v) is 20.8. The molecule has 1 amide bonds. The van der Waals surface area contributed by atoms with Crippen LogP contribution in [0.15, 0.2) is 59.5 Å². The Hall–Kier alpha value is -3.59. The molecule has 7 nitrogen and oxygen atoms in total. The lowest BCUT2D eigenvalue weighted by Crippen LogP contribution is -2.38. The number of sulfonamides is 1. The van der Waals surface area contributed by atoms with Crippen molar-refractivity contribution in [3.63, 3.8) is 0 Å². The number of anilines is 1.